The molecule has 0 spiro atoms. The zero-order valence-electron chi connectivity index (χ0n) is 18.7. The molecule has 2 heterocycles. The number of rotatable bonds is 8. The molecule has 12 heteroatoms. The Kier molecular flexibility index (Phi) is 8.68. The van der Waals surface area contributed by atoms with Crippen LogP contribution in [0.25, 0.3) is 0 Å². The predicted molar refractivity (Wildman–Crippen MR) is 124 cm³/mol. The van der Waals surface area contributed by atoms with Gasteiger partial charge in [0, 0.05) is 24.8 Å². The van der Waals surface area contributed by atoms with Crippen molar-refractivity contribution in [3.05, 3.63) is 23.8 Å². The first-order valence-electron chi connectivity index (χ1n) is 11.1. The van der Waals surface area contributed by atoms with Gasteiger partial charge in [0.25, 0.3) is 5.91 Å². The van der Waals surface area contributed by atoms with E-state index in [4.69, 9.17) is 11.6 Å². The van der Waals surface area contributed by atoms with Crippen LogP contribution >= 0.6 is 11.6 Å². The van der Waals surface area contributed by atoms with Gasteiger partial charge >= 0.3 is 0 Å². The van der Waals surface area contributed by atoms with Crippen molar-refractivity contribution in [1.29, 1.82) is 0 Å². The van der Waals surface area contributed by atoms with E-state index in [-0.39, 0.29) is 17.1 Å². The second kappa shape index (κ2) is 11.1. The molecule has 2 saturated heterocycles. The van der Waals surface area contributed by atoms with Crippen LogP contribution in [-0.4, -0.2) is 68.5 Å². The molecule has 2 aliphatic rings. The molecule has 4 N–H and O–H groups in total. The quantitative estimate of drug-likeness (QED) is 0.398. The number of sulfonamides is 1. The van der Waals surface area contributed by atoms with Gasteiger partial charge in [0.1, 0.15) is 17.6 Å². The Bertz CT molecular complexity index is 973. The van der Waals surface area contributed by atoms with E-state index < -0.39 is 39.4 Å². The number of piperidine rings is 1. The number of hydrazine groups is 1. The van der Waals surface area contributed by atoms with Crippen molar-refractivity contribution in [3.8, 4) is 0 Å². The lowest BCUT2D eigenvalue weighted by Crippen LogP contribution is -2.62. The standard InChI is InChI=1S/C21H31ClFN5O4S/c1-13-6-7-16(27-20(29)14(2)28-21(30)19(22)17(23)12-25-28)11-18(13)33(31,32)26-10-8-15-5-3-4-9-24-15/h6-7,11,14-15,17,19,24-26H,3-5,8-10,12H2,1-2H3,(H,27,29)/t14-,15?,17?,19?/m0/s1. The van der Waals surface area contributed by atoms with E-state index in [0.717, 1.165) is 30.8 Å². The predicted octanol–water partition coefficient (Wildman–Crippen LogP) is 1.42. The number of hydrogen-bond acceptors (Lipinski definition) is 6. The summed E-state index contributed by atoms with van der Waals surface area (Å²) in [7, 11) is -3.78. The molecule has 33 heavy (non-hydrogen) atoms. The molecule has 1 aromatic carbocycles. The molecular weight excluding hydrogens is 473 g/mol. The number of halogens is 2. The maximum absolute atomic E-state index is 13.6. The molecule has 0 aliphatic carbocycles. The fourth-order valence-electron chi connectivity index (χ4n) is 3.93. The highest BCUT2D eigenvalue weighted by atomic mass is 35.5. The molecule has 3 unspecified atom stereocenters. The average molecular weight is 504 g/mol. The van der Waals surface area contributed by atoms with Crippen LogP contribution in [0, 0.1) is 6.92 Å². The first-order chi connectivity index (χ1) is 15.6. The number of anilines is 1. The van der Waals surface area contributed by atoms with E-state index >= 15 is 0 Å². The lowest BCUT2D eigenvalue weighted by molar-refractivity contribution is -0.146. The number of alkyl halides is 2. The van der Waals surface area contributed by atoms with E-state index in [2.05, 4.69) is 20.8 Å². The molecule has 9 nitrogen and oxygen atoms in total. The lowest BCUT2D eigenvalue weighted by Gasteiger charge is -2.35. The number of nitrogens with one attached hydrogen (secondary N) is 4. The molecule has 1 aromatic rings. The van der Waals surface area contributed by atoms with Gasteiger partial charge in [-0.05, 0) is 57.4 Å². The summed E-state index contributed by atoms with van der Waals surface area (Å²) >= 11 is 5.79. The molecular formula is C21H31ClFN5O4S. The van der Waals surface area contributed by atoms with Crippen LogP contribution in [0.2, 0.25) is 0 Å². The Balaban J connectivity index is 1.63. The summed E-state index contributed by atoms with van der Waals surface area (Å²) < 4.78 is 42.0. The van der Waals surface area contributed by atoms with Crippen molar-refractivity contribution in [1.82, 2.24) is 20.5 Å². The Morgan fingerprint density at radius 1 is 1.36 bits per heavy atom. The summed E-state index contributed by atoms with van der Waals surface area (Å²) in [4.78, 5) is 25.0. The fourth-order valence-corrected chi connectivity index (χ4v) is 5.44. The second-order valence-electron chi connectivity index (χ2n) is 8.47. The highest BCUT2D eigenvalue weighted by Crippen LogP contribution is 2.22. The Morgan fingerprint density at radius 2 is 2.12 bits per heavy atom. The minimum Gasteiger partial charge on any atom is -0.324 e. The number of carbonyl (C=O) groups is 2. The summed E-state index contributed by atoms with van der Waals surface area (Å²) in [5, 5.41) is 5.64. The second-order valence-corrected chi connectivity index (χ2v) is 10.7. The summed E-state index contributed by atoms with van der Waals surface area (Å²) in [6.45, 7) is 4.22. The minimum absolute atomic E-state index is 0.0674. The van der Waals surface area contributed by atoms with Gasteiger partial charge in [-0.3, -0.25) is 14.6 Å². The molecule has 184 valence electrons. The first-order valence-corrected chi connectivity index (χ1v) is 13.0. The van der Waals surface area contributed by atoms with Crippen LogP contribution in [0.3, 0.4) is 0 Å². The molecule has 4 atom stereocenters. The third-order valence-corrected chi connectivity index (χ3v) is 8.02. The van der Waals surface area contributed by atoms with Gasteiger partial charge in [-0.25, -0.2) is 23.0 Å². The van der Waals surface area contributed by atoms with Crippen LogP contribution in [0.4, 0.5) is 10.1 Å². The molecule has 0 aromatic heterocycles. The van der Waals surface area contributed by atoms with Gasteiger partial charge < -0.3 is 10.6 Å². The van der Waals surface area contributed by atoms with Gasteiger partial charge in [-0.15, -0.1) is 11.6 Å². The van der Waals surface area contributed by atoms with Gasteiger partial charge in [0.15, 0.2) is 0 Å². The maximum atomic E-state index is 13.6. The highest BCUT2D eigenvalue weighted by Gasteiger charge is 2.39. The third kappa shape index (κ3) is 6.42. The molecule has 2 amide bonds. The molecule has 3 rings (SSSR count). The summed E-state index contributed by atoms with van der Waals surface area (Å²) in [5.74, 6) is -1.30. The van der Waals surface area contributed by atoms with Crippen LogP contribution < -0.4 is 20.8 Å². The largest absolute Gasteiger partial charge is 0.324 e. The number of hydrogen-bond donors (Lipinski definition) is 4. The summed E-state index contributed by atoms with van der Waals surface area (Å²) in [6, 6.07) is 3.88. The van der Waals surface area contributed by atoms with Crippen molar-refractivity contribution in [2.45, 2.75) is 68.1 Å². The monoisotopic (exact) mass is 503 g/mol. The normalized spacial score (nSPS) is 25.0. The minimum atomic E-state index is -3.78. The number of aryl methyl sites for hydroxylation is 1. The first kappa shape index (κ1) is 25.8. The molecule has 0 radical (unpaired) electrons. The van der Waals surface area contributed by atoms with Gasteiger partial charge in [0.05, 0.1) is 4.90 Å². The van der Waals surface area contributed by atoms with Crippen LogP contribution in [0.5, 0.6) is 0 Å². The zero-order chi connectivity index (χ0) is 24.2. The van der Waals surface area contributed by atoms with Gasteiger partial charge in [0.2, 0.25) is 15.9 Å². The number of nitrogens with zero attached hydrogens (tertiary/aromatic N) is 1. The Labute approximate surface area is 198 Å². The van der Waals surface area contributed by atoms with Crippen molar-refractivity contribution in [2.24, 2.45) is 0 Å². The van der Waals surface area contributed by atoms with E-state index in [1.807, 2.05) is 0 Å². The smallest absolute Gasteiger partial charge is 0.258 e. The summed E-state index contributed by atoms with van der Waals surface area (Å²) in [6.07, 6.45) is 2.47. The lowest BCUT2D eigenvalue weighted by atomic mass is 10.0. The van der Waals surface area contributed by atoms with Crippen molar-refractivity contribution in [2.75, 3.05) is 25.0 Å². The van der Waals surface area contributed by atoms with Crippen molar-refractivity contribution < 1.29 is 22.4 Å². The van der Waals surface area contributed by atoms with Gasteiger partial charge in [-0.1, -0.05) is 12.5 Å². The van der Waals surface area contributed by atoms with Crippen molar-refractivity contribution in [3.63, 3.8) is 0 Å². The van der Waals surface area contributed by atoms with Crippen LogP contribution in [0.15, 0.2) is 23.1 Å². The van der Waals surface area contributed by atoms with E-state index in [1.165, 1.54) is 13.0 Å². The average Bonchev–Trinajstić information content (AvgIpc) is 2.79. The highest BCUT2D eigenvalue weighted by molar-refractivity contribution is 7.89. The van der Waals surface area contributed by atoms with E-state index in [9.17, 15) is 22.4 Å². The topological polar surface area (TPSA) is 120 Å². The number of benzene rings is 1. The molecule has 0 saturated carbocycles. The third-order valence-electron chi connectivity index (χ3n) is 5.96. The van der Waals surface area contributed by atoms with E-state index in [1.54, 1.807) is 19.1 Å². The summed E-state index contributed by atoms with van der Waals surface area (Å²) in [5.41, 5.74) is 3.37. The Morgan fingerprint density at radius 3 is 2.82 bits per heavy atom. The Hall–Kier alpha value is -1.79. The van der Waals surface area contributed by atoms with Crippen LogP contribution in [0.1, 0.15) is 38.2 Å². The van der Waals surface area contributed by atoms with Crippen LogP contribution in [-0.2, 0) is 19.6 Å². The number of carbonyl (C=O) groups excluding carboxylic acids is 2. The molecule has 0 bridgehead atoms. The van der Waals surface area contributed by atoms with Gasteiger partial charge in [-0.2, -0.15) is 0 Å². The number of amides is 2. The van der Waals surface area contributed by atoms with Crippen molar-refractivity contribution >= 4 is 39.1 Å². The van der Waals surface area contributed by atoms with E-state index in [0.29, 0.717) is 24.6 Å². The SMILES string of the molecule is Cc1ccc(NC(=O)[C@H](C)N2NCC(F)C(Cl)C2=O)cc1S(=O)(=O)NCCC1CCCCN1. The zero-order valence-corrected chi connectivity index (χ0v) is 20.3. The maximum Gasteiger partial charge on any atom is 0.258 e. The molecule has 2 aliphatic heterocycles. The molecule has 2 fully saturated rings. The fraction of sp³-hybridized carbons (Fsp3) is 0.619.